The van der Waals surface area contributed by atoms with Crippen molar-refractivity contribution in [1.29, 1.82) is 0 Å². The molecule has 0 radical (unpaired) electrons. The van der Waals surface area contributed by atoms with Gasteiger partial charge in [-0.15, -0.1) is 0 Å². The quantitative estimate of drug-likeness (QED) is 0.802. The smallest absolute Gasteiger partial charge is 0.253 e. The van der Waals surface area contributed by atoms with E-state index < -0.39 is 0 Å². The first-order chi connectivity index (χ1) is 9.70. The molecule has 0 saturated carbocycles. The van der Waals surface area contributed by atoms with Gasteiger partial charge in [-0.2, -0.15) is 0 Å². The molecule has 0 aliphatic carbocycles. The second kappa shape index (κ2) is 7.41. The Bertz CT molecular complexity index is 422. The van der Waals surface area contributed by atoms with E-state index in [2.05, 4.69) is 12.2 Å². The normalized spacial score (nSPS) is 22.8. The summed E-state index contributed by atoms with van der Waals surface area (Å²) in [5.74, 6) is 0.620. The summed E-state index contributed by atoms with van der Waals surface area (Å²) in [6.45, 7) is 4.78. The Morgan fingerprint density at radius 2 is 2.10 bits per heavy atom. The SMILES string of the molecule is CC1CC(NCCCO)CN(C(=O)c2ccccc2)C1. The highest BCUT2D eigenvalue weighted by Crippen LogP contribution is 2.18. The topological polar surface area (TPSA) is 52.6 Å². The van der Waals surface area contributed by atoms with Crippen molar-refractivity contribution >= 4 is 5.91 Å². The lowest BCUT2D eigenvalue weighted by Gasteiger charge is -2.37. The molecule has 4 heteroatoms. The van der Waals surface area contributed by atoms with Crippen molar-refractivity contribution in [3.05, 3.63) is 35.9 Å². The predicted molar refractivity (Wildman–Crippen MR) is 79.6 cm³/mol. The number of hydrogen-bond acceptors (Lipinski definition) is 3. The molecule has 20 heavy (non-hydrogen) atoms. The van der Waals surface area contributed by atoms with Gasteiger partial charge < -0.3 is 15.3 Å². The Hall–Kier alpha value is -1.39. The molecular formula is C16H24N2O2. The molecule has 1 aromatic rings. The molecule has 1 amide bonds. The van der Waals surface area contributed by atoms with Gasteiger partial charge in [-0.25, -0.2) is 0 Å². The molecule has 110 valence electrons. The van der Waals surface area contributed by atoms with E-state index in [0.717, 1.165) is 38.0 Å². The van der Waals surface area contributed by atoms with E-state index in [0.29, 0.717) is 12.0 Å². The maximum absolute atomic E-state index is 12.5. The molecule has 0 bridgehead atoms. The number of hydrogen-bond donors (Lipinski definition) is 2. The molecule has 1 aliphatic heterocycles. The Morgan fingerprint density at radius 3 is 2.80 bits per heavy atom. The first kappa shape index (κ1) is 15.0. The van der Waals surface area contributed by atoms with Crippen molar-refractivity contribution in [2.24, 2.45) is 5.92 Å². The van der Waals surface area contributed by atoms with E-state index in [1.165, 1.54) is 0 Å². The lowest BCUT2D eigenvalue weighted by Crippen LogP contribution is -2.51. The standard InChI is InChI=1S/C16H24N2O2/c1-13-10-15(17-8-5-9-19)12-18(11-13)16(20)14-6-3-2-4-7-14/h2-4,6-7,13,15,17,19H,5,8-12H2,1H3. The van der Waals surface area contributed by atoms with Crippen LogP contribution in [-0.4, -0.2) is 48.2 Å². The average Bonchev–Trinajstić information content (AvgIpc) is 2.47. The minimum atomic E-state index is 0.117. The Morgan fingerprint density at radius 1 is 1.35 bits per heavy atom. The van der Waals surface area contributed by atoms with Crippen LogP contribution in [0.3, 0.4) is 0 Å². The molecule has 4 nitrogen and oxygen atoms in total. The Kier molecular flexibility index (Phi) is 5.56. The first-order valence-corrected chi connectivity index (χ1v) is 7.39. The maximum atomic E-state index is 12.5. The molecule has 2 rings (SSSR count). The van der Waals surface area contributed by atoms with Gasteiger partial charge in [0.25, 0.3) is 5.91 Å². The van der Waals surface area contributed by atoms with Gasteiger partial charge in [0.2, 0.25) is 0 Å². The summed E-state index contributed by atoms with van der Waals surface area (Å²) in [7, 11) is 0. The van der Waals surface area contributed by atoms with Crippen LogP contribution in [0.4, 0.5) is 0 Å². The van der Waals surface area contributed by atoms with Gasteiger partial charge in [0, 0.05) is 31.3 Å². The molecular weight excluding hydrogens is 252 g/mol. The summed E-state index contributed by atoms with van der Waals surface area (Å²) in [4.78, 5) is 14.4. The minimum Gasteiger partial charge on any atom is -0.396 e. The fraction of sp³-hybridized carbons (Fsp3) is 0.562. The zero-order valence-electron chi connectivity index (χ0n) is 12.1. The van der Waals surface area contributed by atoms with Crippen LogP contribution in [0, 0.1) is 5.92 Å². The molecule has 1 aromatic carbocycles. The average molecular weight is 276 g/mol. The van der Waals surface area contributed by atoms with E-state index in [4.69, 9.17) is 5.11 Å². The van der Waals surface area contributed by atoms with Crippen LogP contribution in [0.25, 0.3) is 0 Å². The third-order valence-corrected chi connectivity index (χ3v) is 3.74. The van der Waals surface area contributed by atoms with E-state index in [9.17, 15) is 4.79 Å². The zero-order valence-corrected chi connectivity index (χ0v) is 12.1. The molecule has 0 aromatic heterocycles. The lowest BCUT2D eigenvalue weighted by atomic mass is 9.95. The second-order valence-corrected chi connectivity index (χ2v) is 5.65. The van der Waals surface area contributed by atoms with Gasteiger partial charge in [-0.3, -0.25) is 4.79 Å². The summed E-state index contributed by atoms with van der Waals surface area (Å²) < 4.78 is 0. The number of benzene rings is 1. The Labute approximate surface area is 120 Å². The van der Waals surface area contributed by atoms with Gasteiger partial charge in [0.1, 0.15) is 0 Å². The maximum Gasteiger partial charge on any atom is 0.253 e. The number of likely N-dealkylation sites (tertiary alicyclic amines) is 1. The van der Waals surface area contributed by atoms with Gasteiger partial charge in [0.15, 0.2) is 0 Å². The third kappa shape index (κ3) is 4.05. The molecule has 1 fully saturated rings. The van der Waals surface area contributed by atoms with Crippen molar-refractivity contribution in [1.82, 2.24) is 10.2 Å². The fourth-order valence-electron chi connectivity index (χ4n) is 2.81. The van der Waals surface area contributed by atoms with Crippen LogP contribution in [0.1, 0.15) is 30.1 Å². The number of aliphatic hydroxyl groups excluding tert-OH is 1. The minimum absolute atomic E-state index is 0.117. The van der Waals surface area contributed by atoms with E-state index in [-0.39, 0.29) is 12.5 Å². The van der Waals surface area contributed by atoms with Crippen molar-refractivity contribution < 1.29 is 9.90 Å². The largest absolute Gasteiger partial charge is 0.396 e. The number of piperidine rings is 1. The van der Waals surface area contributed by atoms with Crippen molar-refractivity contribution in [2.45, 2.75) is 25.8 Å². The number of nitrogens with one attached hydrogen (secondary N) is 1. The van der Waals surface area contributed by atoms with Crippen molar-refractivity contribution in [3.63, 3.8) is 0 Å². The molecule has 2 N–H and O–H groups in total. The number of rotatable bonds is 5. The molecule has 0 spiro atoms. The summed E-state index contributed by atoms with van der Waals surface area (Å²) in [5.41, 5.74) is 0.760. The molecule has 1 saturated heterocycles. The van der Waals surface area contributed by atoms with E-state index >= 15 is 0 Å². The van der Waals surface area contributed by atoms with Crippen LogP contribution in [0.15, 0.2) is 30.3 Å². The number of amides is 1. The number of carbonyl (C=O) groups is 1. The van der Waals surface area contributed by atoms with E-state index in [1.54, 1.807) is 0 Å². The number of aliphatic hydroxyl groups is 1. The molecule has 2 atom stereocenters. The summed E-state index contributed by atoms with van der Waals surface area (Å²) in [6.07, 6.45) is 1.85. The summed E-state index contributed by atoms with van der Waals surface area (Å²) in [5, 5.41) is 12.3. The fourth-order valence-corrected chi connectivity index (χ4v) is 2.81. The van der Waals surface area contributed by atoms with Crippen LogP contribution in [-0.2, 0) is 0 Å². The number of nitrogens with zero attached hydrogens (tertiary/aromatic N) is 1. The molecule has 1 aliphatic rings. The predicted octanol–water partition coefficient (Wildman–Crippen LogP) is 1.51. The highest BCUT2D eigenvalue weighted by Gasteiger charge is 2.27. The van der Waals surface area contributed by atoms with Crippen LogP contribution < -0.4 is 5.32 Å². The highest BCUT2D eigenvalue weighted by molar-refractivity contribution is 5.94. The van der Waals surface area contributed by atoms with Gasteiger partial charge in [-0.1, -0.05) is 25.1 Å². The second-order valence-electron chi connectivity index (χ2n) is 5.65. The summed E-state index contributed by atoms with van der Waals surface area (Å²) >= 11 is 0. The van der Waals surface area contributed by atoms with Crippen LogP contribution in [0.5, 0.6) is 0 Å². The summed E-state index contributed by atoms with van der Waals surface area (Å²) in [6, 6.07) is 9.80. The highest BCUT2D eigenvalue weighted by atomic mass is 16.3. The van der Waals surface area contributed by atoms with Crippen molar-refractivity contribution in [3.8, 4) is 0 Å². The van der Waals surface area contributed by atoms with Crippen LogP contribution >= 0.6 is 0 Å². The van der Waals surface area contributed by atoms with Gasteiger partial charge in [-0.05, 0) is 37.4 Å². The van der Waals surface area contributed by atoms with E-state index in [1.807, 2.05) is 35.2 Å². The van der Waals surface area contributed by atoms with Gasteiger partial charge in [0.05, 0.1) is 0 Å². The lowest BCUT2D eigenvalue weighted by molar-refractivity contribution is 0.0640. The van der Waals surface area contributed by atoms with Crippen molar-refractivity contribution in [2.75, 3.05) is 26.2 Å². The van der Waals surface area contributed by atoms with Crippen LogP contribution in [0.2, 0.25) is 0 Å². The monoisotopic (exact) mass is 276 g/mol. The zero-order chi connectivity index (χ0) is 14.4. The number of carbonyl (C=O) groups excluding carboxylic acids is 1. The third-order valence-electron chi connectivity index (χ3n) is 3.74. The molecule has 1 heterocycles. The first-order valence-electron chi connectivity index (χ1n) is 7.39. The molecule has 2 unspecified atom stereocenters. The Balaban J connectivity index is 1.95. The van der Waals surface area contributed by atoms with Gasteiger partial charge >= 0.3 is 0 Å².